The van der Waals surface area contributed by atoms with Crippen LogP contribution in [0.4, 0.5) is 4.39 Å². The monoisotopic (exact) mass is 201 g/mol. The van der Waals surface area contributed by atoms with Crippen LogP contribution in [0.25, 0.3) is 0 Å². The number of ether oxygens (including phenoxy) is 1. The third-order valence-electron chi connectivity index (χ3n) is 3.74. The zero-order chi connectivity index (χ0) is 10.4. The van der Waals surface area contributed by atoms with Crippen molar-refractivity contribution in [3.05, 3.63) is 0 Å². The summed E-state index contributed by atoms with van der Waals surface area (Å²) in [5, 5.41) is 0. The van der Waals surface area contributed by atoms with Gasteiger partial charge in [-0.05, 0) is 31.1 Å². The highest BCUT2D eigenvalue weighted by molar-refractivity contribution is 5.78. The lowest BCUT2D eigenvalue weighted by Gasteiger charge is -2.60. The van der Waals surface area contributed by atoms with Crippen LogP contribution < -0.4 is 5.73 Å². The Morgan fingerprint density at radius 3 is 2.50 bits per heavy atom. The summed E-state index contributed by atoms with van der Waals surface area (Å²) in [6, 6.07) is 0. The fourth-order valence-electron chi connectivity index (χ4n) is 3.14. The van der Waals surface area contributed by atoms with Crippen LogP contribution in [-0.4, -0.2) is 25.8 Å². The van der Waals surface area contributed by atoms with Gasteiger partial charge >= 0.3 is 5.97 Å². The van der Waals surface area contributed by atoms with Gasteiger partial charge in [-0.15, -0.1) is 0 Å². The highest BCUT2D eigenvalue weighted by atomic mass is 19.1. The summed E-state index contributed by atoms with van der Waals surface area (Å²) < 4.78 is 17.4. The Morgan fingerprint density at radius 1 is 1.57 bits per heavy atom. The molecule has 0 aromatic carbocycles. The highest BCUT2D eigenvalue weighted by Gasteiger charge is 2.63. The molecule has 3 nitrogen and oxygen atoms in total. The van der Waals surface area contributed by atoms with E-state index in [-0.39, 0.29) is 11.4 Å². The first-order valence-corrected chi connectivity index (χ1v) is 4.98. The second-order valence-electron chi connectivity index (χ2n) is 4.84. The number of hydrogen-bond donors (Lipinski definition) is 1. The summed E-state index contributed by atoms with van der Waals surface area (Å²) in [6.45, 7) is 0.318. The predicted molar refractivity (Wildman–Crippen MR) is 49.3 cm³/mol. The van der Waals surface area contributed by atoms with Crippen molar-refractivity contribution in [3.63, 3.8) is 0 Å². The zero-order valence-electron chi connectivity index (χ0n) is 8.38. The summed E-state index contributed by atoms with van der Waals surface area (Å²) in [4.78, 5) is 11.5. The van der Waals surface area contributed by atoms with E-state index in [1.807, 2.05) is 0 Å². The van der Waals surface area contributed by atoms with Crippen molar-refractivity contribution in [3.8, 4) is 0 Å². The summed E-state index contributed by atoms with van der Waals surface area (Å²) in [6.07, 6.45) is 1.97. The van der Waals surface area contributed by atoms with E-state index in [0.717, 1.165) is 0 Å². The first-order chi connectivity index (χ1) is 6.56. The molecule has 2 aliphatic carbocycles. The molecule has 0 saturated heterocycles. The number of rotatable bonds is 2. The minimum atomic E-state index is -0.663. The van der Waals surface area contributed by atoms with E-state index in [1.165, 1.54) is 7.11 Å². The molecule has 0 amide bonds. The summed E-state index contributed by atoms with van der Waals surface area (Å²) in [5.74, 6) is -0.229. The van der Waals surface area contributed by atoms with Gasteiger partial charge in [-0.3, -0.25) is 4.79 Å². The molecule has 2 rings (SSSR count). The number of halogens is 1. The van der Waals surface area contributed by atoms with Gasteiger partial charge in [0.2, 0.25) is 0 Å². The van der Waals surface area contributed by atoms with Gasteiger partial charge in [-0.25, -0.2) is 4.39 Å². The molecule has 0 unspecified atom stereocenters. The number of nitrogens with two attached hydrogens (primary N) is 1. The maximum Gasteiger partial charge on any atom is 0.313 e. The van der Waals surface area contributed by atoms with E-state index in [2.05, 4.69) is 0 Å². The molecule has 0 bridgehead atoms. The lowest BCUT2D eigenvalue weighted by molar-refractivity contribution is -0.183. The van der Waals surface area contributed by atoms with E-state index in [0.29, 0.717) is 32.2 Å². The maximum atomic E-state index is 12.7. The predicted octanol–water partition coefficient (Wildman–Crippen LogP) is 1.02. The first-order valence-electron chi connectivity index (χ1n) is 4.98. The van der Waals surface area contributed by atoms with Crippen LogP contribution in [-0.2, 0) is 9.53 Å². The third-order valence-corrected chi connectivity index (χ3v) is 3.74. The standard InChI is InChI=1S/C10H16FNO2/c1-14-8(13)10(6-12)4-9(5-10)2-7(11)3-9/h7H,2-6,12H2,1H3. The fourth-order valence-corrected chi connectivity index (χ4v) is 3.14. The van der Waals surface area contributed by atoms with Gasteiger partial charge in [0.05, 0.1) is 12.5 Å². The molecule has 1 spiro atoms. The van der Waals surface area contributed by atoms with E-state index in [9.17, 15) is 9.18 Å². The van der Waals surface area contributed by atoms with E-state index in [4.69, 9.17) is 10.5 Å². The minimum absolute atomic E-state index is 0.0764. The Kier molecular flexibility index (Phi) is 2.07. The average molecular weight is 201 g/mol. The van der Waals surface area contributed by atoms with Crippen LogP contribution in [0.2, 0.25) is 0 Å². The van der Waals surface area contributed by atoms with Gasteiger partial charge in [0, 0.05) is 6.54 Å². The van der Waals surface area contributed by atoms with E-state index < -0.39 is 11.6 Å². The fraction of sp³-hybridized carbons (Fsp3) is 0.900. The number of esters is 1. The number of carbonyl (C=O) groups is 1. The Morgan fingerprint density at radius 2 is 2.14 bits per heavy atom. The molecule has 0 atom stereocenters. The van der Waals surface area contributed by atoms with Crippen molar-refractivity contribution in [1.29, 1.82) is 0 Å². The maximum absolute atomic E-state index is 12.7. The SMILES string of the molecule is COC(=O)C1(CN)CC2(CC(F)C2)C1. The topological polar surface area (TPSA) is 52.3 Å². The second-order valence-corrected chi connectivity index (χ2v) is 4.84. The Bertz CT molecular complexity index is 253. The molecule has 0 aromatic heterocycles. The minimum Gasteiger partial charge on any atom is -0.469 e. The van der Waals surface area contributed by atoms with Crippen LogP contribution in [0, 0.1) is 10.8 Å². The van der Waals surface area contributed by atoms with Crippen LogP contribution in [0.15, 0.2) is 0 Å². The molecule has 4 heteroatoms. The molecule has 0 heterocycles. The molecule has 80 valence electrons. The smallest absolute Gasteiger partial charge is 0.313 e. The van der Waals surface area contributed by atoms with Gasteiger partial charge in [0.1, 0.15) is 6.17 Å². The van der Waals surface area contributed by atoms with E-state index in [1.54, 1.807) is 0 Å². The normalized spacial score (nSPS) is 45.5. The molecule has 2 aliphatic rings. The molecule has 0 aromatic rings. The average Bonchev–Trinajstić information content (AvgIpc) is 2.07. The second kappa shape index (κ2) is 2.92. The Hall–Kier alpha value is -0.640. The van der Waals surface area contributed by atoms with Crippen molar-refractivity contribution in [2.75, 3.05) is 13.7 Å². The van der Waals surface area contributed by atoms with Crippen molar-refractivity contribution >= 4 is 5.97 Å². The molecular weight excluding hydrogens is 185 g/mol. The van der Waals surface area contributed by atoms with Gasteiger partial charge in [-0.1, -0.05) is 0 Å². The summed E-state index contributed by atoms with van der Waals surface area (Å²) in [5.41, 5.74) is 5.16. The Balaban J connectivity index is 1.98. The summed E-state index contributed by atoms with van der Waals surface area (Å²) >= 11 is 0. The van der Waals surface area contributed by atoms with Crippen LogP contribution >= 0.6 is 0 Å². The van der Waals surface area contributed by atoms with Crippen molar-refractivity contribution in [1.82, 2.24) is 0 Å². The lowest BCUT2D eigenvalue weighted by atomic mass is 9.45. The molecule has 2 fully saturated rings. The highest BCUT2D eigenvalue weighted by Crippen LogP contribution is 2.65. The van der Waals surface area contributed by atoms with Gasteiger partial charge in [0.25, 0.3) is 0 Å². The van der Waals surface area contributed by atoms with Crippen molar-refractivity contribution in [2.24, 2.45) is 16.6 Å². The van der Waals surface area contributed by atoms with Crippen LogP contribution in [0.1, 0.15) is 25.7 Å². The summed E-state index contributed by atoms with van der Waals surface area (Å²) in [7, 11) is 1.38. The van der Waals surface area contributed by atoms with Gasteiger partial charge in [0.15, 0.2) is 0 Å². The molecule has 2 saturated carbocycles. The van der Waals surface area contributed by atoms with Gasteiger partial charge < -0.3 is 10.5 Å². The van der Waals surface area contributed by atoms with Crippen LogP contribution in [0.3, 0.4) is 0 Å². The Labute approximate surface area is 82.8 Å². The first kappa shape index (κ1) is 9.90. The largest absolute Gasteiger partial charge is 0.469 e. The number of hydrogen-bond acceptors (Lipinski definition) is 3. The zero-order valence-corrected chi connectivity index (χ0v) is 8.38. The lowest BCUT2D eigenvalue weighted by Crippen LogP contribution is -2.60. The molecule has 0 radical (unpaired) electrons. The molecular formula is C10H16FNO2. The van der Waals surface area contributed by atoms with E-state index >= 15 is 0 Å². The van der Waals surface area contributed by atoms with Crippen molar-refractivity contribution in [2.45, 2.75) is 31.9 Å². The third kappa shape index (κ3) is 1.16. The quantitative estimate of drug-likeness (QED) is 0.678. The number of alkyl halides is 1. The molecule has 2 N–H and O–H groups in total. The number of methoxy groups -OCH3 is 1. The van der Waals surface area contributed by atoms with Crippen LogP contribution in [0.5, 0.6) is 0 Å². The number of carbonyl (C=O) groups excluding carboxylic acids is 1. The molecule has 0 aliphatic heterocycles. The van der Waals surface area contributed by atoms with Crippen molar-refractivity contribution < 1.29 is 13.9 Å². The van der Waals surface area contributed by atoms with Gasteiger partial charge in [-0.2, -0.15) is 0 Å². The molecule has 14 heavy (non-hydrogen) atoms.